The van der Waals surface area contributed by atoms with Crippen LogP contribution in [0, 0.1) is 22.7 Å². The van der Waals surface area contributed by atoms with Crippen molar-refractivity contribution in [2.45, 2.75) is 6.92 Å². The van der Waals surface area contributed by atoms with Gasteiger partial charge in [-0.15, -0.1) is 0 Å². The number of hydrogen-bond donors (Lipinski definition) is 0. The summed E-state index contributed by atoms with van der Waals surface area (Å²) in [7, 11) is 0. The van der Waals surface area contributed by atoms with E-state index >= 15 is 0 Å². The van der Waals surface area contributed by atoms with Gasteiger partial charge in [0.2, 0.25) is 0 Å². The van der Waals surface area contributed by atoms with Crippen LogP contribution < -0.4 is 0 Å². The zero-order valence-electron chi connectivity index (χ0n) is 26.5. The molecule has 0 fully saturated rings. The maximum Gasteiger partial charge on any atom is 0.177 e. The lowest BCUT2D eigenvalue weighted by molar-refractivity contribution is 1.11. The number of nitriles is 2. The van der Waals surface area contributed by atoms with Crippen LogP contribution >= 0.6 is 0 Å². The minimum Gasteiger partial charge on any atom is -0.309 e. The van der Waals surface area contributed by atoms with Crippen molar-refractivity contribution in [3.63, 3.8) is 0 Å². The molecule has 0 unspecified atom stereocenters. The highest BCUT2D eigenvalue weighted by atomic mass is 15.0. The second-order valence-electron chi connectivity index (χ2n) is 12.0. The van der Waals surface area contributed by atoms with E-state index in [2.05, 4.69) is 113 Å². The van der Waals surface area contributed by atoms with E-state index in [0.717, 1.165) is 76.9 Å². The maximum absolute atomic E-state index is 10.0. The van der Waals surface area contributed by atoms with Crippen molar-refractivity contribution in [3.05, 3.63) is 144 Å². The molecule has 9 rings (SSSR count). The summed E-state index contributed by atoms with van der Waals surface area (Å²) in [5.74, 6) is 0. The number of para-hydroxylation sites is 3. The summed E-state index contributed by atoms with van der Waals surface area (Å²) < 4.78 is 4.48. The van der Waals surface area contributed by atoms with Gasteiger partial charge in [-0.1, -0.05) is 73.3 Å². The molecule has 9 aromatic rings. The monoisotopic (exact) mass is 626 g/mol. The van der Waals surface area contributed by atoms with Crippen LogP contribution in [0.15, 0.2) is 122 Å². The lowest BCUT2D eigenvalue weighted by atomic mass is 9.95. The molecule has 0 bridgehead atoms. The normalized spacial score (nSPS) is 11.7. The average molecular weight is 627 g/mol. The summed E-state index contributed by atoms with van der Waals surface area (Å²) in [5.41, 5.74) is 8.38. The van der Waals surface area contributed by atoms with Gasteiger partial charge >= 0.3 is 0 Å². The van der Waals surface area contributed by atoms with E-state index in [-0.39, 0.29) is 11.4 Å². The quantitative estimate of drug-likeness (QED) is 0.182. The highest BCUT2D eigenvalue weighted by Gasteiger charge is 2.22. The Kier molecular flexibility index (Phi) is 6.20. The fraction of sp³-hybridized carbons (Fsp3) is 0.0233. The molecule has 0 saturated heterocycles. The molecule has 0 atom stereocenters. The van der Waals surface area contributed by atoms with Crippen LogP contribution in [-0.2, 0) is 0 Å². The van der Waals surface area contributed by atoms with Crippen LogP contribution in [-0.4, -0.2) is 19.1 Å². The Labute approximate surface area is 281 Å². The summed E-state index contributed by atoms with van der Waals surface area (Å²) in [6.45, 7) is 6.23. The Morgan fingerprint density at radius 2 is 1.10 bits per heavy atom. The molecule has 0 N–H and O–H groups in total. The van der Waals surface area contributed by atoms with E-state index in [1.54, 1.807) is 0 Å². The molecule has 0 radical (unpaired) electrons. The molecule has 0 saturated carbocycles. The smallest absolute Gasteiger partial charge is 0.177 e. The summed E-state index contributed by atoms with van der Waals surface area (Å²) in [4.78, 5) is 9.69. The molecule has 228 valence electrons. The summed E-state index contributed by atoms with van der Waals surface area (Å²) in [6.07, 6.45) is 6.08. The Bertz CT molecular complexity index is 2970. The van der Waals surface area contributed by atoms with E-state index in [1.807, 2.05) is 49.4 Å². The predicted octanol–water partition coefficient (Wildman–Crippen LogP) is 10.4. The van der Waals surface area contributed by atoms with Gasteiger partial charge in [0.15, 0.2) is 11.4 Å². The number of nitrogens with zero attached hydrogens (tertiary/aromatic N) is 6. The molecule has 3 heterocycles. The first-order chi connectivity index (χ1) is 24.1. The number of benzene rings is 6. The van der Waals surface area contributed by atoms with Gasteiger partial charge in [-0.25, -0.2) is 9.97 Å². The van der Waals surface area contributed by atoms with Gasteiger partial charge in [0.25, 0.3) is 0 Å². The van der Waals surface area contributed by atoms with Crippen LogP contribution in [0.25, 0.3) is 88.8 Å². The van der Waals surface area contributed by atoms with Crippen LogP contribution in [0.5, 0.6) is 0 Å². The van der Waals surface area contributed by atoms with Gasteiger partial charge in [-0.2, -0.15) is 10.5 Å². The number of hydrogen-bond acceptors (Lipinski definition) is 4. The molecule has 0 aliphatic heterocycles. The molecule has 6 nitrogen and oxygen atoms in total. The number of aromatic nitrogens is 4. The van der Waals surface area contributed by atoms with Crippen molar-refractivity contribution in [1.82, 2.24) is 19.1 Å². The second-order valence-corrected chi connectivity index (χ2v) is 12.0. The predicted molar refractivity (Wildman–Crippen MR) is 200 cm³/mol. The van der Waals surface area contributed by atoms with Gasteiger partial charge in [0, 0.05) is 43.9 Å². The van der Waals surface area contributed by atoms with Crippen molar-refractivity contribution < 1.29 is 0 Å². The second kappa shape index (κ2) is 10.8. The highest BCUT2D eigenvalue weighted by Crippen LogP contribution is 2.43. The Morgan fingerprint density at radius 3 is 1.67 bits per heavy atom. The molecule has 0 amide bonds. The van der Waals surface area contributed by atoms with E-state index < -0.39 is 0 Å². The third-order valence-electron chi connectivity index (χ3n) is 9.46. The van der Waals surface area contributed by atoms with Crippen molar-refractivity contribution in [1.29, 1.82) is 10.5 Å². The molecule has 49 heavy (non-hydrogen) atoms. The zero-order valence-corrected chi connectivity index (χ0v) is 26.5. The van der Waals surface area contributed by atoms with E-state index in [9.17, 15) is 10.5 Å². The molecule has 6 heteroatoms. The molecular weight excluding hydrogens is 601 g/mol. The first-order valence-electron chi connectivity index (χ1n) is 16.0. The first-order valence-corrected chi connectivity index (χ1v) is 16.0. The average Bonchev–Trinajstić information content (AvgIpc) is 3.65. The zero-order chi connectivity index (χ0) is 33.2. The molecular formula is C43H26N6. The molecule has 0 aliphatic carbocycles. The maximum atomic E-state index is 10.0. The first kappa shape index (κ1) is 28.2. The summed E-state index contributed by atoms with van der Waals surface area (Å²) >= 11 is 0. The van der Waals surface area contributed by atoms with Crippen LogP contribution in [0.3, 0.4) is 0 Å². The Balaban J connectivity index is 1.54. The summed E-state index contributed by atoms with van der Waals surface area (Å²) in [6, 6.07) is 42.0. The van der Waals surface area contributed by atoms with Gasteiger partial charge < -0.3 is 9.13 Å². The van der Waals surface area contributed by atoms with Crippen LogP contribution in [0.2, 0.25) is 0 Å². The number of allylic oxidation sites excluding steroid dienone is 1. The number of rotatable bonds is 4. The molecule has 6 aromatic carbocycles. The van der Waals surface area contributed by atoms with E-state index in [0.29, 0.717) is 11.0 Å². The molecule has 0 spiro atoms. The van der Waals surface area contributed by atoms with Crippen LogP contribution in [0.1, 0.15) is 29.6 Å². The van der Waals surface area contributed by atoms with Crippen LogP contribution in [0.4, 0.5) is 0 Å². The standard InChI is InChI=1S/C43H26N6/c1-3-13-28-32-20-30-31-21-33-29-18-11-12-19-39(29)49(27-16-9-6-10-17-27)41(33)23-35(31)43-42(46-36(24-44)37(25-45)47-43)34(30)22-40(32)48(38(28)4-2)26-14-7-5-8-15-26/h3-23H,2H2,1H3/b13-3-. The largest absolute Gasteiger partial charge is 0.309 e. The van der Waals surface area contributed by atoms with Crippen molar-refractivity contribution in [2.24, 2.45) is 0 Å². The van der Waals surface area contributed by atoms with Crippen molar-refractivity contribution in [2.75, 3.05) is 0 Å². The molecule has 3 aromatic heterocycles. The van der Waals surface area contributed by atoms with Gasteiger partial charge in [0.1, 0.15) is 12.1 Å². The third kappa shape index (κ3) is 3.99. The molecule has 0 aliphatic rings. The lowest BCUT2D eigenvalue weighted by Crippen LogP contribution is -1.99. The fourth-order valence-corrected chi connectivity index (χ4v) is 7.45. The minimum absolute atomic E-state index is 0.00931. The number of fused-ring (bicyclic) bond motifs is 10. The Morgan fingerprint density at radius 1 is 0.571 bits per heavy atom. The van der Waals surface area contributed by atoms with Gasteiger partial charge in [0.05, 0.1) is 33.3 Å². The van der Waals surface area contributed by atoms with Gasteiger partial charge in [-0.05, 0) is 78.4 Å². The fourth-order valence-electron chi connectivity index (χ4n) is 7.45. The van der Waals surface area contributed by atoms with E-state index in [4.69, 9.17) is 9.97 Å². The SMILES string of the molecule is C=Cc1c(/C=C\C)c2cc3c4cc5c6ccccc6n(-c6ccccc6)c5cc4c4nc(C#N)c(C#N)nc4c3cc2n1-c1ccccc1. The lowest BCUT2D eigenvalue weighted by Gasteiger charge is -2.13. The van der Waals surface area contributed by atoms with Crippen molar-refractivity contribution in [3.8, 4) is 23.5 Å². The van der Waals surface area contributed by atoms with Crippen molar-refractivity contribution >= 4 is 77.4 Å². The third-order valence-corrected chi connectivity index (χ3v) is 9.46. The van der Waals surface area contributed by atoms with Gasteiger partial charge in [-0.3, -0.25) is 0 Å². The van der Waals surface area contributed by atoms with E-state index in [1.165, 1.54) is 0 Å². The Hall–Kier alpha value is -7.02. The summed E-state index contributed by atoms with van der Waals surface area (Å²) in [5, 5.41) is 27.1. The minimum atomic E-state index is 0.00931. The topological polar surface area (TPSA) is 83.2 Å². The highest BCUT2D eigenvalue weighted by molar-refractivity contribution is 6.29.